The van der Waals surface area contributed by atoms with Gasteiger partial charge in [0.05, 0.1) is 6.61 Å². The van der Waals surface area contributed by atoms with E-state index >= 15 is 0 Å². The van der Waals surface area contributed by atoms with Crippen molar-refractivity contribution in [3.63, 3.8) is 0 Å². The summed E-state index contributed by atoms with van der Waals surface area (Å²) in [7, 11) is 0. The molecule has 2 aromatic heterocycles. The molecule has 6 heteroatoms. The average molecular weight is 490 g/mol. The molecule has 4 aromatic rings. The molecule has 0 saturated heterocycles. The van der Waals surface area contributed by atoms with Crippen LogP contribution in [-0.4, -0.2) is 28.7 Å². The molecule has 5 nitrogen and oxygen atoms in total. The van der Waals surface area contributed by atoms with E-state index in [4.69, 9.17) is 4.74 Å². The molecule has 0 saturated carbocycles. The van der Waals surface area contributed by atoms with Gasteiger partial charge in [0.2, 0.25) is 0 Å². The summed E-state index contributed by atoms with van der Waals surface area (Å²) in [6, 6.07) is 13.0. The van der Waals surface area contributed by atoms with Gasteiger partial charge in [-0.05, 0) is 67.1 Å². The molecule has 0 radical (unpaired) electrons. The van der Waals surface area contributed by atoms with Crippen molar-refractivity contribution in [1.29, 1.82) is 0 Å². The van der Waals surface area contributed by atoms with Crippen molar-refractivity contribution in [2.45, 2.75) is 53.0 Å². The largest absolute Gasteiger partial charge is 0.460 e. The molecule has 1 atom stereocenters. The Hall–Kier alpha value is -3.25. The second kappa shape index (κ2) is 11.0. The van der Waals surface area contributed by atoms with E-state index in [-0.39, 0.29) is 12.4 Å². The van der Waals surface area contributed by atoms with Gasteiger partial charge in [-0.25, -0.2) is 4.79 Å². The third-order valence-corrected chi connectivity index (χ3v) is 7.30. The number of ether oxygens (including phenoxy) is 1. The number of Topliss-reactive ketones (excluding diaryl/α,β-unsaturated/α-hetero) is 1. The number of rotatable bonds is 11. The molecule has 2 heterocycles. The fraction of sp³-hybridized carbons (Fsp3) is 0.345. The van der Waals surface area contributed by atoms with Crippen LogP contribution in [0.2, 0.25) is 0 Å². The molecule has 1 unspecified atom stereocenters. The third kappa shape index (κ3) is 5.08. The first kappa shape index (κ1) is 24.9. The van der Waals surface area contributed by atoms with E-state index in [9.17, 15) is 14.4 Å². The summed E-state index contributed by atoms with van der Waals surface area (Å²) in [5.74, 6) is -1.01. The lowest BCUT2D eigenvalue weighted by Gasteiger charge is -2.17. The van der Waals surface area contributed by atoms with Crippen LogP contribution < -0.4 is 0 Å². The van der Waals surface area contributed by atoms with E-state index in [0.717, 1.165) is 47.6 Å². The molecule has 182 valence electrons. The Morgan fingerprint density at radius 1 is 0.914 bits per heavy atom. The average Bonchev–Trinajstić information content (AvgIpc) is 3.52. The van der Waals surface area contributed by atoms with E-state index in [1.807, 2.05) is 41.1 Å². The predicted molar refractivity (Wildman–Crippen MR) is 141 cm³/mol. The SMILES string of the molecule is CCCCC(CC)Cn1c2ccc(C(=O)C(=O)OCC)cc2c2cc(C(=O)c3ccsc3)ccc21. The highest BCUT2D eigenvalue weighted by Crippen LogP contribution is 2.33. The maximum Gasteiger partial charge on any atom is 0.379 e. The van der Waals surface area contributed by atoms with E-state index in [2.05, 4.69) is 18.4 Å². The van der Waals surface area contributed by atoms with Crippen molar-refractivity contribution in [2.24, 2.45) is 5.92 Å². The Labute approximate surface area is 209 Å². The van der Waals surface area contributed by atoms with Crippen LogP contribution >= 0.6 is 11.3 Å². The van der Waals surface area contributed by atoms with Crippen LogP contribution in [0.4, 0.5) is 0 Å². The number of aromatic nitrogens is 1. The molecule has 0 bridgehead atoms. The lowest BCUT2D eigenvalue weighted by molar-refractivity contribution is -0.137. The Morgan fingerprint density at radius 2 is 1.60 bits per heavy atom. The van der Waals surface area contributed by atoms with Crippen molar-refractivity contribution in [1.82, 2.24) is 4.57 Å². The van der Waals surface area contributed by atoms with Crippen LogP contribution in [-0.2, 0) is 16.1 Å². The van der Waals surface area contributed by atoms with Gasteiger partial charge in [0.25, 0.3) is 5.78 Å². The zero-order valence-electron chi connectivity index (χ0n) is 20.5. The van der Waals surface area contributed by atoms with Gasteiger partial charge < -0.3 is 9.30 Å². The monoisotopic (exact) mass is 489 g/mol. The van der Waals surface area contributed by atoms with Gasteiger partial charge in [0.15, 0.2) is 5.78 Å². The predicted octanol–water partition coefficient (Wildman–Crippen LogP) is 7.05. The Bertz CT molecular complexity index is 1370. The van der Waals surface area contributed by atoms with Crippen LogP contribution in [0, 0.1) is 5.92 Å². The summed E-state index contributed by atoms with van der Waals surface area (Å²) >= 11 is 1.49. The van der Waals surface area contributed by atoms with Crippen molar-refractivity contribution < 1.29 is 19.1 Å². The number of nitrogens with zero attached hydrogens (tertiary/aromatic N) is 1. The second-order valence-corrected chi connectivity index (χ2v) is 9.66. The summed E-state index contributed by atoms with van der Waals surface area (Å²) < 4.78 is 7.22. The van der Waals surface area contributed by atoms with Gasteiger partial charge in [0.1, 0.15) is 0 Å². The summed E-state index contributed by atoms with van der Waals surface area (Å²) in [4.78, 5) is 37.8. The number of thiophene rings is 1. The van der Waals surface area contributed by atoms with Gasteiger partial charge in [0, 0.05) is 50.4 Å². The van der Waals surface area contributed by atoms with Crippen molar-refractivity contribution in [3.8, 4) is 0 Å². The first-order valence-corrected chi connectivity index (χ1v) is 13.3. The topological polar surface area (TPSA) is 65.4 Å². The molecule has 0 spiro atoms. The van der Waals surface area contributed by atoms with Crippen LogP contribution in [0.5, 0.6) is 0 Å². The van der Waals surface area contributed by atoms with E-state index < -0.39 is 11.8 Å². The highest BCUT2D eigenvalue weighted by Gasteiger charge is 2.21. The number of esters is 1. The van der Waals surface area contributed by atoms with Gasteiger partial charge in [-0.1, -0.05) is 33.1 Å². The second-order valence-electron chi connectivity index (χ2n) is 8.88. The molecule has 0 amide bonds. The van der Waals surface area contributed by atoms with Crippen LogP contribution in [0.3, 0.4) is 0 Å². The zero-order chi connectivity index (χ0) is 24.9. The molecule has 35 heavy (non-hydrogen) atoms. The first-order chi connectivity index (χ1) is 17.0. The van der Waals surface area contributed by atoms with E-state index in [1.165, 1.54) is 17.8 Å². The molecule has 0 aliphatic rings. The minimum atomic E-state index is -0.852. The van der Waals surface area contributed by atoms with Gasteiger partial charge in [-0.2, -0.15) is 11.3 Å². The zero-order valence-corrected chi connectivity index (χ0v) is 21.3. The Morgan fingerprint density at radius 3 is 2.20 bits per heavy atom. The minimum absolute atomic E-state index is 0.0258. The maximum atomic E-state index is 13.1. The minimum Gasteiger partial charge on any atom is -0.460 e. The van der Waals surface area contributed by atoms with Gasteiger partial charge in [-0.15, -0.1) is 0 Å². The highest BCUT2D eigenvalue weighted by molar-refractivity contribution is 7.08. The Balaban J connectivity index is 1.86. The van der Waals surface area contributed by atoms with Crippen LogP contribution in [0.1, 0.15) is 72.7 Å². The summed E-state index contributed by atoms with van der Waals surface area (Å²) in [6.45, 7) is 7.12. The van der Waals surface area contributed by atoms with Crippen LogP contribution in [0.15, 0.2) is 53.2 Å². The molecule has 0 N–H and O–H groups in total. The van der Waals surface area contributed by atoms with Gasteiger partial charge in [-0.3, -0.25) is 9.59 Å². The van der Waals surface area contributed by atoms with Crippen molar-refractivity contribution in [3.05, 3.63) is 69.9 Å². The molecule has 0 aliphatic heterocycles. The first-order valence-electron chi connectivity index (χ1n) is 12.3. The molecular weight excluding hydrogens is 458 g/mol. The molecule has 0 aliphatic carbocycles. The van der Waals surface area contributed by atoms with Crippen molar-refractivity contribution in [2.75, 3.05) is 6.61 Å². The highest BCUT2D eigenvalue weighted by atomic mass is 32.1. The molecule has 4 rings (SSSR count). The fourth-order valence-corrected chi connectivity index (χ4v) is 5.27. The number of benzene rings is 2. The van der Waals surface area contributed by atoms with Gasteiger partial charge >= 0.3 is 5.97 Å². The summed E-state index contributed by atoms with van der Waals surface area (Å²) in [5, 5.41) is 5.52. The number of ketones is 2. The smallest absolute Gasteiger partial charge is 0.379 e. The number of hydrogen-bond acceptors (Lipinski definition) is 5. The number of carbonyl (C=O) groups excluding carboxylic acids is 3. The number of hydrogen-bond donors (Lipinski definition) is 0. The molecular formula is C29H31NO4S. The normalized spacial score (nSPS) is 12.2. The lowest BCUT2D eigenvalue weighted by atomic mass is 9.99. The fourth-order valence-electron chi connectivity index (χ4n) is 4.63. The van der Waals surface area contributed by atoms with Crippen molar-refractivity contribution >= 4 is 50.7 Å². The maximum absolute atomic E-state index is 13.1. The van der Waals surface area contributed by atoms with E-state index in [0.29, 0.717) is 22.6 Å². The molecule has 2 aromatic carbocycles. The van der Waals surface area contributed by atoms with Crippen LogP contribution in [0.25, 0.3) is 21.8 Å². The number of fused-ring (bicyclic) bond motifs is 3. The standard InChI is InChI=1S/C29H31NO4S/c1-4-7-8-19(5-2)17-30-25-11-9-20(27(31)22-13-14-35-18-22)15-23(25)24-16-21(10-12-26(24)30)28(32)29(33)34-6-3/h9-16,18-19H,4-8,17H2,1-3H3. The summed E-state index contributed by atoms with van der Waals surface area (Å²) in [5.41, 5.74) is 3.59. The van der Waals surface area contributed by atoms with E-state index in [1.54, 1.807) is 19.1 Å². The Kier molecular flexibility index (Phi) is 7.81. The molecule has 0 fully saturated rings. The lowest BCUT2D eigenvalue weighted by Crippen LogP contribution is -2.17. The third-order valence-electron chi connectivity index (χ3n) is 6.62. The number of unbranched alkanes of at least 4 members (excludes halogenated alkanes) is 1. The summed E-state index contributed by atoms with van der Waals surface area (Å²) in [6.07, 6.45) is 4.59. The quantitative estimate of drug-likeness (QED) is 0.129. The number of carbonyl (C=O) groups is 3.